The molecule has 0 unspecified atom stereocenters. The van der Waals surface area contributed by atoms with Crippen LogP contribution in [0.2, 0.25) is 0 Å². The van der Waals surface area contributed by atoms with Crippen LogP contribution in [0.15, 0.2) is 12.2 Å². The lowest BCUT2D eigenvalue weighted by atomic mass is 10.2. The highest BCUT2D eigenvalue weighted by atomic mass is 16.4. The second kappa shape index (κ2) is 6.19. The fourth-order valence-electron chi connectivity index (χ4n) is 0.774. The summed E-state index contributed by atoms with van der Waals surface area (Å²) in [5.41, 5.74) is 0. The molecule has 5 nitrogen and oxygen atoms in total. The van der Waals surface area contributed by atoms with E-state index in [1.54, 1.807) is 0 Å². The summed E-state index contributed by atoms with van der Waals surface area (Å²) in [6.07, 6.45) is 3.11. The summed E-state index contributed by atoms with van der Waals surface area (Å²) in [6, 6.07) is -0.916. The molecule has 3 N–H and O–H groups in total. The van der Waals surface area contributed by atoms with Crippen LogP contribution in [0.5, 0.6) is 0 Å². The summed E-state index contributed by atoms with van der Waals surface area (Å²) in [5, 5.41) is 19.3. The first kappa shape index (κ1) is 11.6. The number of carbonyl (C=O) groups excluding carboxylic acids is 1. The molecule has 0 aliphatic rings. The number of aliphatic hydroxyl groups is 1. The van der Waals surface area contributed by atoms with Crippen LogP contribution < -0.4 is 5.32 Å². The minimum atomic E-state index is -1.09. The Balaban J connectivity index is 4.02. The Morgan fingerprint density at radius 2 is 2.08 bits per heavy atom. The Hall–Kier alpha value is -1.36. The largest absolute Gasteiger partial charge is 0.480 e. The Morgan fingerprint density at radius 3 is 2.46 bits per heavy atom. The van der Waals surface area contributed by atoms with Crippen LogP contribution in [0, 0.1) is 0 Å². The molecule has 0 rings (SSSR count). The monoisotopic (exact) mass is 187 g/mol. The number of carbonyl (C=O) groups is 2. The van der Waals surface area contributed by atoms with Gasteiger partial charge in [-0.2, -0.15) is 0 Å². The van der Waals surface area contributed by atoms with Gasteiger partial charge >= 0.3 is 5.97 Å². The number of amides is 1. The van der Waals surface area contributed by atoms with Crippen LogP contribution >= 0.6 is 0 Å². The van der Waals surface area contributed by atoms with Crippen molar-refractivity contribution < 1.29 is 19.8 Å². The number of rotatable bonds is 5. The summed E-state index contributed by atoms with van der Waals surface area (Å²) in [6.45, 7) is 1.12. The summed E-state index contributed by atoms with van der Waals surface area (Å²) < 4.78 is 0. The third-order valence-corrected chi connectivity index (χ3v) is 1.32. The summed E-state index contributed by atoms with van der Waals surface area (Å²) in [7, 11) is 0. The fraction of sp³-hybridized carbons (Fsp3) is 0.500. The van der Waals surface area contributed by atoms with Crippen LogP contribution in [-0.2, 0) is 9.59 Å². The maximum absolute atomic E-state index is 10.5. The van der Waals surface area contributed by atoms with E-state index in [-0.39, 0.29) is 18.9 Å². The van der Waals surface area contributed by atoms with Crippen LogP contribution in [0.3, 0.4) is 0 Å². The predicted octanol–water partition coefficient (Wildman–Crippen LogP) is -0.486. The van der Waals surface area contributed by atoms with Gasteiger partial charge in [0.05, 0.1) is 6.61 Å². The fourth-order valence-corrected chi connectivity index (χ4v) is 0.774. The van der Waals surface area contributed by atoms with E-state index in [2.05, 4.69) is 5.32 Å². The Kier molecular flexibility index (Phi) is 5.54. The van der Waals surface area contributed by atoms with Crippen LogP contribution in [0.4, 0.5) is 0 Å². The van der Waals surface area contributed by atoms with Crippen molar-refractivity contribution in [2.45, 2.75) is 19.4 Å². The lowest BCUT2D eigenvalue weighted by Crippen LogP contribution is -2.39. The molecule has 0 spiro atoms. The van der Waals surface area contributed by atoms with Gasteiger partial charge in [0.2, 0.25) is 5.91 Å². The molecule has 0 saturated carbocycles. The summed E-state index contributed by atoms with van der Waals surface area (Å²) in [5.74, 6) is -1.47. The first-order chi connectivity index (χ1) is 6.07. The number of hydrogen-bond acceptors (Lipinski definition) is 3. The zero-order chi connectivity index (χ0) is 10.3. The molecule has 0 fully saturated rings. The molecule has 74 valence electrons. The van der Waals surface area contributed by atoms with Crippen molar-refractivity contribution in [3.8, 4) is 0 Å². The van der Waals surface area contributed by atoms with E-state index in [1.165, 1.54) is 19.1 Å². The van der Waals surface area contributed by atoms with Crippen molar-refractivity contribution in [2.75, 3.05) is 6.61 Å². The first-order valence-corrected chi connectivity index (χ1v) is 3.83. The van der Waals surface area contributed by atoms with Gasteiger partial charge in [0.1, 0.15) is 6.04 Å². The smallest absolute Gasteiger partial charge is 0.326 e. The minimum absolute atomic E-state index is 0.133. The van der Waals surface area contributed by atoms with E-state index in [9.17, 15) is 9.59 Å². The number of hydrogen-bond donors (Lipinski definition) is 3. The molecule has 0 aromatic rings. The molecular formula is C8H13NO4. The molecule has 0 aliphatic carbocycles. The van der Waals surface area contributed by atoms with Gasteiger partial charge in [0.25, 0.3) is 0 Å². The van der Waals surface area contributed by atoms with E-state index in [4.69, 9.17) is 10.2 Å². The predicted molar refractivity (Wildman–Crippen MR) is 46.1 cm³/mol. The second-order valence-corrected chi connectivity index (χ2v) is 2.48. The van der Waals surface area contributed by atoms with Crippen molar-refractivity contribution in [1.82, 2.24) is 5.32 Å². The Morgan fingerprint density at radius 1 is 1.46 bits per heavy atom. The number of carboxylic acid groups (broad SMARTS) is 1. The maximum atomic E-state index is 10.5. The van der Waals surface area contributed by atoms with Gasteiger partial charge in [-0.25, -0.2) is 4.79 Å². The van der Waals surface area contributed by atoms with Gasteiger partial charge in [-0.3, -0.25) is 4.79 Å². The molecule has 0 radical (unpaired) electrons. The average molecular weight is 187 g/mol. The second-order valence-electron chi connectivity index (χ2n) is 2.48. The third kappa shape index (κ3) is 5.86. The van der Waals surface area contributed by atoms with E-state index >= 15 is 0 Å². The minimum Gasteiger partial charge on any atom is -0.480 e. The van der Waals surface area contributed by atoms with Gasteiger partial charge in [-0.15, -0.1) is 0 Å². The molecule has 1 amide bonds. The number of aliphatic carboxylic acids is 1. The van der Waals surface area contributed by atoms with E-state index in [1.807, 2.05) is 0 Å². The molecule has 5 heteroatoms. The first-order valence-electron chi connectivity index (χ1n) is 3.83. The summed E-state index contributed by atoms with van der Waals surface area (Å²) >= 11 is 0. The Bertz CT molecular complexity index is 212. The Labute approximate surface area is 76.1 Å². The molecule has 0 aromatic carbocycles. The average Bonchev–Trinajstić information content (AvgIpc) is 2.02. The molecule has 13 heavy (non-hydrogen) atoms. The van der Waals surface area contributed by atoms with Crippen LogP contribution in [0.1, 0.15) is 13.3 Å². The van der Waals surface area contributed by atoms with E-state index in [0.717, 1.165) is 0 Å². The van der Waals surface area contributed by atoms with E-state index in [0.29, 0.717) is 0 Å². The quantitative estimate of drug-likeness (QED) is 0.507. The SMILES string of the molecule is CC(=O)N[C@H](C/C=C\CO)C(=O)O. The molecule has 0 aromatic heterocycles. The normalized spacial score (nSPS) is 12.8. The van der Waals surface area contributed by atoms with Crippen molar-refractivity contribution in [3.63, 3.8) is 0 Å². The highest BCUT2D eigenvalue weighted by molar-refractivity contribution is 5.82. The van der Waals surface area contributed by atoms with E-state index < -0.39 is 12.0 Å². The van der Waals surface area contributed by atoms with Crippen molar-refractivity contribution in [2.24, 2.45) is 0 Å². The standard InChI is InChI=1S/C8H13NO4/c1-6(11)9-7(8(12)13)4-2-3-5-10/h2-3,7,10H,4-5H2,1H3,(H,9,11)(H,12,13)/b3-2-/t7-/m1/s1. The molecule has 0 aliphatic heterocycles. The molecule has 0 saturated heterocycles. The zero-order valence-electron chi connectivity index (χ0n) is 7.36. The lowest BCUT2D eigenvalue weighted by Gasteiger charge is -2.09. The van der Waals surface area contributed by atoms with Gasteiger partial charge in [-0.1, -0.05) is 12.2 Å². The van der Waals surface area contributed by atoms with Gasteiger partial charge in [-0.05, 0) is 6.42 Å². The molecule has 1 atom stereocenters. The van der Waals surface area contributed by atoms with Crippen molar-refractivity contribution in [1.29, 1.82) is 0 Å². The van der Waals surface area contributed by atoms with Crippen LogP contribution in [-0.4, -0.2) is 34.7 Å². The highest BCUT2D eigenvalue weighted by Gasteiger charge is 2.15. The summed E-state index contributed by atoms with van der Waals surface area (Å²) in [4.78, 5) is 21.1. The lowest BCUT2D eigenvalue weighted by molar-refractivity contribution is -0.141. The number of nitrogens with one attached hydrogen (secondary N) is 1. The van der Waals surface area contributed by atoms with Gasteiger partial charge in [0.15, 0.2) is 0 Å². The third-order valence-electron chi connectivity index (χ3n) is 1.32. The maximum Gasteiger partial charge on any atom is 0.326 e. The van der Waals surface area contributed by atoms with Crippen molar-refractivity contribution in [3.05, 3.63) is 12.2 Å². The van der Waals surface area contributed by atoms with Crippen LogP contribution in [0.25, 0.3) is 0 Å². The van der Waals surface area contributed by atoms with Crippen molar-refractivity contribution >= 4 is 11.9 Å². The molecule has 0 heterocycles. The molecule has 0 bridgehead atoms. The number of carboxylic acids is 1. The molecular weight excluding hydrogens is 174 g/mol. The highest BCUT2D eigenvalue weighted by Crippen LogP contribution is 1.94. The number of aliphatic hydroxyl groups excluding tert-OH is 1. The van der Waals surface area contributed by atoms with Gasteiger partial charge in [0, 0.05) is 6.92 Å². The van der Waals surface area contributed by atoms with Gasteiger partial charge < -0.3 is 15.5 Å². The zero-order valence-corrected chi connectivity index (χ0v) is 7.36. The topological polar surface area (TPSA) is 86.6 Å².